The van der Waals surface area contributed by atoms with E-state index in [0.717, 1.165) is 38.0 Å². The van der Waals surface area contributed by atoms with Crippen molar-refractivity contribution in [2.24, 2.45) is 0 Å². The van der Waals surface area contributed by atoms with Gasteiger partial charge in [0.05, 0.1) is 19.3 Å². The van der Waals surface area contributed by atoms with E-state index in [2.05, 4.69) is 22.0 Å². The lowest BCUT2D eigenvalue weighted by Crippen LogP contribution is -2.40. The van der Waals surface area contributed by atoms with Crippen LogP contribution < -0.4 is 0 Å². The molecule has 1 aliphatic carbocycles. The number of nitrogens with zero attached hydrogens (tertiary/aromatic N) is 3. The molecule has 1 atom stereocenters. The highest BCUT2D eigenvalue weighted by atomic mass is 16.5. The molecule has 1 saturated heterocycles. The second-order valence-electron chi connectivity index (χ2n) is 4.74. The summed E-state index contributed by atoms with van der Waals surface area (Å²) in [7, 11) is 0. The molecule has 3 rings (SSSR count). The maximum absolute atomic E-state index is 5.49. The van der Waals surface area contributed by atoms with Crippen LogP contribution in [0.25, 0.3) is 0 Å². The van der Waals surface area contributed by atoms with Gasteiger partial charge in [-0.1, -0.05) is 5.16 Å². The molecule has 2 fully saturated rings. The molecule has 1 aromatic rings. The first-order valence-corrected chi connectivity index (χ1v) is 5.97. The predicted molar refractivity (Wildman–Crippen MR) is 57.0 cm³/mol. The quantitative estimate of drug-likeness (QED) is 0.769. The Morgan fingerprint density at radius 1 is 1.44 bits per heavy atom. The van der Waals surface area contributed by atoms with Crippen LogP contribution in [0.2, 0.25) is 0 Å². The van der Waals surface area contributed by atoms with Crippen LogP contribution in [0.3, 0.4) is 0 Å². The molecule has 0 bridgehead atoms. The van der Waals surface area contributed by atoms with Gasteiger partial charge in [0.1, 0.15) is 0 Å². The number of ether oxygens (including phenoxy) is 1. The average Bonchev–Trinajstić information content (AvgIpc) is 3.01. The molecule has 0 aromatic carbocycles. The molecule has 5 heteroatoms. The van der Waals surface area contributed by atoms with E-state index in [-0.39, 0.29) is 0 Å². The summed E-state index contributed by atoms with van der Waals surface area (Å²) in [4.78, 5) is 6.74. The number of rotatable bonds is 3. The van der Waals surface area contributed by atoms with E-state index in [1.807, 2.05) is 0 Å². The molecule has 1 saturated carbocycles. The molecule has 1 aromatic heterocycles. The van der Waals surface area contributed by atoms with E-state index >= 15 is 0 Å². The van der Waals surface area contributed by atoms with Gasteiger partial charge in [0.25, 0.3) is 0 Å². The lowest BCUT2D eigenvalue weighted by atomic mass is 10.3. The Bertz CT molecular complexity index is 362. The van der Waals surface area contributed by atoms with Gasteiger partial charge >= 0.3 is 0 Å². The maximum Gasteiger partial charge on any atom is 0.240 e. The third-order valence-corrected chi connectivity index (χ3v) is 3.11. The first-order chi connectivity index (χ1) is 7.81. The lowest BCUT2D eigenvalue weighted by molar-refractivity contribution is -0.0240. The van der Waals surface area contributed by atoms with Gasteiger partial charge in [-0.3, -0.25) is 4.90 Å². The Morgan fingerprint density at radius 2 is 2.31 bits per heavy atom. The smallest absolute Gasteiger partial charge is 0.240 e. The Labute approximate surface area is 94.8 Å². The molecule has 0 radical (unpaired) electrons. The molecular formula is C11H17N3O2. The van der Waals surface area contributed by atoms with E-state index in [9.17, 15) is 0 Å². The van der Waals surface area contributed by atoms with E-state index in [1.165, 1.54) is 12.8 Å². The summed E-state index contributed by atoms with van der Waals surface area (Å²) in [5.74, 6) is 2.22. The van der Waals surface area contributed by atoms with Crippen LogP contribution in [0.1, 0.15) is 37.4 Å². The minimum atomic E-state index is 0.305. The second kappa shape index (κ2) is 4.14. The van der Waals surface area contributed by atoms with Crippen molar-refractivity contribution >= 4 is 0 Å². The van der Waals surface area contributed by atoms with E-state index in [4.69, 9.17) is 9.26 Å². The minimum absolute atomic E-state index is 0.305. The highest BCUT2D eigenvalue weighted by Crippen LogP contribution is 2.38. The average molecular weight is 223 g/mol. The van der Waals surface area contributed by atoms with Gasteiger partial charge in [-0.25, -0.2) is 0 Å². The van der Waals surface area contributed by atoms with Crippen LogP contribution in [0.15, 0.2) is 4.52 Å². The first-order valence-electron chi connectivity index (χ1n) is 5.97. The van der Waals surface area contributed by atoms with Crippen molar-refractivity contribution in [3.05, 3.63) is 11.7 Å². The summed E-state index contributed by atoms with van der Waals surface area (Å²) >= 11 is 0. The van der Waals surface area contributed by atoms with Crippen molar-refractivity contribution in [1.29, 1.82) is 0 Å². The molecule has 1 unspecified atom stereocenters. The monoisotopic (exact) mass is 223 g/mol. The Hall–Kier alpha value is -0.940. The fourth-order valence-electron chi connectivity index (χ4n) is 2.07. The number of aromatic nitrogens is 2. The highest BCUT2D eigenvalue weighted by Gasteiger charge is 2.29. The topological polar surface area (TPSA) is 51.4 Å². The summed E-state index contributed by atoms with van der Waals surface area (Å²) in [5, 5.41) is 4.02. The summed E-state index contributed by atoms with van der Waals surface area (Å²) < 4.78 is 10.8. The van der Waals surface area contributed by atoms with E-state index in [0.29, 0.717) is 12.0 Å². The van der Waals surface area contributed by atoms with E-state index in [1.54, 1.807) is 0 Å². The largest absolute Gasteiger partial charge is 0.376 e. The molecule has 0 spiro atoms. The lowest BCUT2D eigenvalue weighted by Gasteiger charge is -2.29. The van der Waals surface area contributed by atoms with E-state index < -0.39 is 0 Å². The molecule has 0 amide bonds. The van der Waals surface area contributed by atoms with Crippen molar-refractivity contribution in [1.82, 2.24) is 15.0 Å². The van der Waals surface area contributed by atoms with Gasteiger partial charge in [0.2, 0.25) is 5.89 Å². The van der Waals surface area contributed by atoms with Crippen LogP contribution in [-0.2, 0) is 11.3 Å². The standard InChI is InChI=1S/C11H17N3O2/c1-8-6-14(4-5-15-8)7-10-12-11(13-16-10)9-2-3-9/h8-9H,2-7H2,1H3. The zero-order valence-corrected chi connectivity index (χ0v) is 9.56. The predicted octanol–water partition coefficient (Wildman–Crippen LogP) is 1.17. The number of morpholine rings is 1. The number of hydrogen-bond donors (Lipinski definition) is 0. The fraction of sp³-hybridized carbons (Fsp3) is 0.818. The van der Waals surface area contributed by atoms with Crippen LogP contribution in [0.5, 0.6) is 0 Å². The summed E-state index contributed by atoms with van der Waals surface area (Å²) in [6.45, 7) is 5.54. The Kier molecular flexibility index (Phi) is 2.65. The highest BCUT2D eigenvalue weighted by molar-refractivity contribution is 5.03. The summed E-state index contributed by atoms with van der Waals surface area (Å²) in [5.41, 5.74) is 0. The van der Waals surface area contributed by atoms with Crippen LogP contribution in [0, 0.1) is 0 Å². The third kappa shape index (κ3) is 2.25. The van der Waals surface area contributed by atoms with Gasteiger partial charge in [0.15, 0.2) is 5.82 Å². The minimum Gasteiger partial charge on any atom is -0.376 e. The molecular weight excluding hydrogens is 206 g/mol. The second-order valence-corrected chi connectivity index (χ2v) is 4.74. The van der Waals surface area contributed by atoms with Gasteiger partial charge in [0, 0.05) is 19.0 Å². The molecule has 16 heavy (non-hydrogen) atoms. The summed E-state index contributed by atoms with van der Waals surface area (Å²) in [6.07, 6.45) is 2.74. The van der Waals surface area contributed by atoms with Crippen molar-refractivity contribution in [2.45, 2.75) is 38.3 Å². The van der Waals surface area contributed by atoms with Crippen LogP contribution >= 0.6 is 0 Å². The normalized spacial score (nSPS) is 27.2. The van der Waals surface area contributed by atoms with Gasteiger partial charge < -0.3 is 9.26 Å². The third-order valence-electron chi connectivity index (χ3n) is 3.11. The van der Waals surface area contributed by atoms with Gasteiger partial charge in [-0.15, -0.1) is 0 Å². The maximum atomic E-state index is 5.49. The molecule has 1 aliphatic heterocycles. The zero-order chi connectivity index (χ0) is 11.0. The SMILES string of the molecule is CC1CN(Cc2nc(C3CC3)no2)CCO1. The van der Waals surface area contributed by atoms with Gasteiger partial charge in [-0.05, 0) is 19.8 Å². The van der Waals surface area contributed by atoms with Crippen LogP contribution in [-0.4, -0.2) is 40.8 Å². The molecule has 2 heterocycles. The van der Waals surface area contributed by atoms with Crippen molar-refractivity contribution in [3.63, 3.8) is 0 Å². The molecule has 5 nitrogen and oxygen atoms in total. The zero-order valence-electron chi connectivity index (χ0n) is 9.56. The Balaban J connectivity index is 1.59. The van der Waals surface area contributed by atoms with Crippen molar-refractivity contribution < 1.29 is 9.26 Å². The number of hydrogen-bond acceptors (Lipinski definition) is 5. The fourth-order valence-corrected chi connectivity index (χ4v) is 2.07. The van der Waals surface area contributed by atoms with Crippen molar-refractivity contribution in [3.8, 4) is 0 Å². The van der Waals surface area contributed by atoms with Gasteiger partial charge in [-0.2, -0.15) is 4.98 Å². The molecule has 2 aliphatic rings. The molecule has 0 N–H and O–H groups in total. The first kappa shape index (κ1) is 10.2. The molecule has 88 valence electrons. The Morgan fingerprint density at radius 3 is 3.06 bits per heavy atom. The summed E-state index contributed by atoms with van der Waals surface area (Å²) in [6, 6.07) is 0. The van der Waals surface area contributed by atoms with Crippen LogP contribution in [0.4, 0.5) is 0 Å². The van der Waals surface area contributed by atoms with Crippen molar-refractivity contribution in [2.75, 3.05) is 19.7 Å².